The van der Waals surface area contributed by atoms with Crippen molar-refractivity contribution in [3.05, 3.63) is 250 Å². The molecule has 18 heteroatoms. The average molecular weight is 973 g/mol. The maximum atomic E-state index is 10.6. The van der Waals surface area contributed by atoms with Crippen molar-refractivity contribution in [2.45, 2.75) is 38.5 Å². The molecule has 0 saturated heterocycles. The summed E-state index contributed by atoms with van der Waals surface area (Å²) in [5.74, 6) is -8.25. The van der Waals surface area contributed by atoms with E-state index in [0.29, 0.717) is 0 Å². The van der Waals surface area contributed by atoms with E-state index in [9.17, 15) is 28.8 Å². The van der Waals surface area contributed by atoms with Crippen LogP contribution in [0.25, 0.3) is 0 Å². The summed E-state index contributed by atoms with van der Waals surface area (Å²) in [6.07, 6.45) is 28.4. The summed E-state index contributed by atoms with van der Waals surface area (Å²) in [5.41, 5.74) is 5.77. The number of pyridine rings is 6. The van der Waals surface area contributed by atoms with Crippen LogP contribution in [0.15, 0.2) is 184 Å². The monoisotopic (exact) mass is 972 g/mol. The van der Waals surface area contributed by atoms with E-state index >= 15 is 0 Å². The molecule has 0 saturated carbocycles. The topological polar surface area (TPSA) is 301 Å². The van der Waals surface area contributed by atoms with E-state index in [0.717, 1.165) is 74.9 Å². The van der Waals surface area contributed by atoms with Crippen molar-refractivity contribution in [3.8, 4) is 0 Å². The van der Waals surface area contributed by atoms with Crippen molar-refractivity contribution in [1.29, 1.82) is 0 Å². The molecule has 8 rings (SSSR count). The average Bonchev–Trinajstić information content (AvgIpc) is 3.41. The van der Waals surface area contributed by atoms with Crippen LogP contribution in [0.5, 0.6) is 0 Å². The molecule has 6 aromatic heterocycles. The summed E-state index contributed by atoms with van der Waals surface area (Å²) in [4.78, 5) is 87.3. The van der Waals surface area contributed by atoms with Gasteiger partial charge in [-0.3, -0.25) is 29.9 Å². The minimum absolute atomic E-state index is 0.368. The van der Waals surface area contributed by atoms with Gasteiger partial charge in [-0.25, -0.2) is 28.8 Å². The zero-order valence-electron chi connectivity index (χ0n) is 38.4. The predicted molar refractivity (Wildman–Crippen MR) is 262 cm³/mol. The van der Waals surface area contributed by atoms with Crippen molar-refractivity contribution in [2.75, 3.05) is 0 Å². The molecule has 6 heterocycles. The Balaban J connectivity index is 0.000000195. The van der Waals surface area contributed by atoms with Gasteiger partial charge in [0.15, 0.2) is 0 Å². The predicted octanol–water partition coefficient (Wildman–Crippen LogP) is 8.35. The minimum atomic E-state index is -1.37. The maximum absolute atomic E-state index is 10.6. The van der Waals surface area contributed by atoms with Gasteiger partial charge in [0.1, 0.15) is 0 Å². The first-order valence-electron chi connectivity index (χ1n) is 21.7. The number of aryl methyl sites for hydroxylation is 6. The molecule has 0 bridgehead atoms. The molecule has 0 aliphatic rings. The quantitative estimate of drug-likeness (QED) is 0.0562. The Hall–Kier alpha value is -9.84. The molecule has 0 radical (unpaired) electrons. The second-order valence-electron chi connectivity index (χ2n) is 15.1. The number of rotatable bonds is 15. The molecule has 0 fully saturated rings. The van der Waals surface area contributed by atoms with Gasteiger partial charge in [0.25, 0.3) is 0 Å². The van der Waals surface area contributed by atoms with Crippen molar-refractivity contribution in [1.82, 2.24) is 29.9 Å². The third-order valence-corrected chi connectivity index (χ3v) is 9.95. The second-order valence-corrected chi connectivity index (χ2v) is 15.1. The molecular formula is C54H48N6O12. The molecule has 0 atom stereocenters. The SMILES string of the molecule is O=C(O)c1cc(C(=O)O)cc(C(=O)O)c1.O=C(O)c1cc(C(=O)O)cc(C(=O)O)c1.c1cc(CCc2ccncc2)ccn1.c1cc(CCc2ccncc2)ccn1.c1cc(CCc2ccncc2)ccn1. The number of carbonyl (C=O) groups is 6. The number of carboxylic acids is 6. The van der Waals surface area contributed by atoms with Crippen LogP contribution in [0.2, 0.25) is 0 Å². The van der Waals surface area contributed by atoms with Crippen LogP contribution < -0.4 is 0 Å². The highest BCUT2D eigenvalue weighted by Crippen LogP contribution is 2.13. The minimum Gasteiger partial charge on any atom is -0.478 e. The van der Waals surface area contributed by atoms with Gasteiger partial charge in [-0.15, -0.1) is 0 Å². The van der Waals surface area contributed by atoms with Crippen molar-refractivity contribution < 1.29 is 59.4 Å². The first-order chi connectivity index (χ1) is 34.7. The fourth-order valence-electron chi connectivity index (χ4n) is 6.16. The lowest BCUT2D eigenvalue weighted by atomic mass is 10.1. The largest absolute Gasteiger partial charge is 0.478 e. The van der Waals surface area contributed by atoms with E-state index in [1.807, 2.05) is 74.4 Å². The Morgan fingerprint density at radius 2 is 0.347 bits per heavy atom. The van der Waals surface area contributed by atoms with Gasteiger partial charge in [0.2, 0.25) is 0 Å². The lowest BCUT2D eigenvalue weighted by Crippen LogP contribution is -2.07. The van der Waals surface area contributed by atoms with Gasteiger partial charge in [-0.05, 0) is 181 Å². The molecule has 8 aromatic rings. The standard InChI is InChI=1S/3C12H12N2.2C9H6O6/c3*1(11-3-7-13-8-4-11)2-12-5-9-14-10-6-12;2*10-7(11)4-1-5(8(12)13)3-6(2-4)9(14)15/h3*3-10H,1-2H2;2*1-3H,(H,10,11)(H,12,13)(H,14,15). The summed E-state index contributed by atoms with van der Waals surface area (Å²) in [6, 6.07) is 30.1. The van der Waals surface area contributed by atoms with Crippen molar-refractivity contribution in [3.63, 3.8) is 0 Å². The van der Waals surface area contributed by atoms with Crippen molar-refractivity contribution in [2.24, 2.45) is 0 Å². The number of carboxylic acid groups (broad SMARTS) is 6. The lowest BCUT2D eigenvalue weighted by Gasteiger charge is -2.00. The molecule has 72 heavy (non-hydrogen) atoms. The summed E-state index contributed by atoms with van der Waals surface area (Å²) >= 11 is 0. The Morgan fingerprint density at radius 1 is 0.236 bits per heavy atom. The zero-order chi connectivity index (χ0) is 52.1. The smallest absolute Gasteiger partial charge is 0.335 e. The number of hydrogen-bond acceptors (Lipinski definition) is 12. The highest BCUT2D eigenvalue weighted by Gasteiger charge is 2.15. The van der Waals surface area contributed by atoms with Gasteiger partial charge in [-0.2, -0.15) is 0 Å². The van der Waals surface area contributed by atoms with Gasteiger partial charge in [0, 0.05) is 74.4 Å². The van der Waals surface area contributed by atoms with Crippen LogP contribution in [-0.4, -0.2) is 96.4 Å². The number of benzene rings is 2. The van der Waals surface area contributed by atoms with E-state index in [-0.39, 0.29) is 33.4 Å². The molecule has 0 amide bonds. The highest BCUT2D eigenvalue weighted by molar-refractivity contribution is 6.00. The molecule has 6 N–H and O–H groups in total. The van der Waals surface area contributed by atoms with Crippen LogP contribution in [0.4, 0.5) is 0 Å². The lowest BCUT2D eigenvalue weighted by molar-refractivity contribution is 0.0666. The highest BCUT2D eigenvalue weighted by atomic mass is 16.4. The molecule has 18 nitrogen and oxygen atoms in total. The van der Waals surface area contributed by atoms with E-state index < -0.39 is 35.8 Å². The first-order valence-corrected chi connectivity index (χ1v) is 21.7. The molecular weight excluding hydrogens is 925 g/mol. The Morgan fingerprint density at radius 3 is 0.444 bits per heavy atom. The number of aromatic nitrogens is 6. The first kappa shape index (κ1) is 54.8. The molecule has 0 spiro atoms. The second kappa shape index (κ2) is 29.8. The molecule has 2 aromatic carbocycles. The fraction of sp³-hybridized carbons (Fsp3) is 0.111. The Labute approximate surface area is 412 Å². The summed E-state index contributed by atoms with van der Waals surface area (Å²) < 4.78 is 0. The number of aromatic carboxylic acids is 6. The van der Waals surface area contributed by atoms with Crippen LogP contribution in [-0.2, 0) is 38.5 Å². The van der Waals surface area contributed by atoms with Crippen LogP contribution in [0.3, 0.4) is 0 Å². The third kappa shape index (κ3) is 20.6. The molecule has 0 aliphatic carbocycles. The normalized spacial score (nSPS) is 9.83. The van der Waals surface area contributed by atoms with Gasteiger partial charge in [-0.1, -0.05) is 0 Å². The number of hydrogen-bond donors (Lipinski definition) is 6. The molecule has 0 unspecified atom stereocenters. The molecule has 366 valence electrons. The van der Waals surface area contributed by atoms with Crippen LogP contribution in [0, 0.1) is 0 Å². The van der Waals surface area contributed by atoms with Gasteiger partial charge >= 0.3 is 35.8 Å². The van der Waals surface area contributed by atoms with E-state index in [1.165, 1.54) is 33.4 Å². The summed E-state index contributed by atoms with van der Waals surface area (Å²) in [6.45, 7) is 0. The van der Waals surface area contributed by atoms with E-state index in [1.54, 1.807) is 0 Å². The van der Waals surface area contributed by atoms with Crippen LogP contribution in [0.1, 0.15) is 95.5 Å². The summed E-state index contributed by atoms with van der Waals surface area (Å²) in [5, 5.41) is 51.7. The Kier molecular flexibility index (Phi) is 22.7. The van der Waals surface area contributed by atoms with Gasteiger partial charge < -0.3 is 30.6 Å². The maximum Gasteiger partial charge on any atom is 0.335 e. The third-order valence-electron chi connectivity index (χ3n) is 9.95. The molecule has 0 aliphatic heterocycles. The summed E-state index contributed by atoms with van der Waals surface area (Å²) in [7, 11) is 0. The fourth-order valence-corrected chi connectivity index (χ4v) is 6.16. The number of nitrogens with zero attached hydrogens (tertiary/aromatic N) is 6. The van der Waals surface area contributed by atoms with Crippen molar-refractivity contribution >= 4 is 35.8 Å². The van der Waals surface area contributed by atoms with E-state index in [4.69, 9.17) is 30.6 Å². The van der Waals surface area contributed by atoms with E-state index in [2.05, 4.69) is 103 Å². The van der Waals surface area contributed by atoms with Crippen LogP contribution >= 0.6 is 0 Å². The van der Waals surface area contributed by atoms with Gasteiger partial charge in [0.05, 0.1) is 33.4 Å². The Bertz CT molecular complexity index is 2420. The zero-order valence-corrected chi connectivity index (χ0v) is 38.4.